The van der Waals surface area contributed by atoms with Gasteiger partial charge in [0.05, 0.1) is 0 Å². The highest BCUT2D eigenvalue weighted by atomic mass is 15.1. The van der Waals surface area contributed by atoms with Crippen molar-refractivity contribution in [3.05, 3.63) is 29.8 Å². The molecule has 1 aromatic carbocycles. The molecule has 1 atom stereocenters. The van der Waals surface area contributed by atoms with Crippen LogP contribution in [-0.4, -0.2) is 26.7 Å². The first-order valence-corrected chi connectivity index (χ1v) is 7.51. The number of benzene rings is 1. The van der Waals surface area contributed by atoms with Crippen LogP contribution in [0.4, 0.5) is 5.69 Å². The highest BCUT2D eigenvalue weighted by Crippen LogP contribution is 2.27. The van der Waals surface area contributed by atoms with E-state index in [1.807, 2.05) is 0 Å². The number of nitrogens with zero attached hydrogens (tertiary/aromatic N) is 1. The van der Waals surface area contributed by atoms with Crippen molar-refractivity contribution in [1.29, 1.82) is 0 Å². The Kier molecular flexibility index (Phi) is 6.36. The smallest absolute Gasteiger partial charge is 0.0366 e. The second-order valence-electron chi connectivity index (χ2n) is 5.94. The molecule has 1 unspecified atom stereocenters. The molecule has 2 heteroatoms. The van der Waals surface area contributed by atoms with E-state index >= 15 is 0 Å². The van der Waals surface area contributed by atoms with E-state index in [-0.39, 0.29) is 0 Å². The maximum Gasteiger partial charge on any atom is 0.0366 e. The normalized spacial score (nSPS) is 14.2. The number of nitrogens with one attached hydrogen (secondary N) is 1. The fourth-order valence-corrected chi connectivity index (χ4v) is 2.86. The van der Waals surface area contributed by atoms with E-state index < -0.39 is 0 Å². The van der Waals surface area contributed by atoms with Crippen LogP contribution in [0.2, 0.25) is 0 Å². The molecule has 0 saturated heterocycles. The molecule has 0 aliphatic carbocycles. The molecule has 0 aromatic heterocycles. The molecule has 108 valence electrons. The number of aryl methyl sites for hydroxylation is 1. The van der Waals surface area contributed by atoms with Crippen molar-refractivity contribution >= 4 is 5.69 Å². The maximum absolute atomic E-state index is 3.36. The largest absolute Gasteiger partial charge is 0.371 e. The van der Waals surface area contributed by atoms with Crippen LogP contribution in [0.25, 0.3) is 0 Å². The third-order valence-electron chi connectivity index (χ3n) is 3.81. The highest BCUT2D eigenvalue weighted by Gasteiger charge is 2.25. The monoisotopic (exact) mass is 262 g/mol. The number of hydrogen-bond acceptors (Lipinski definition) is 2. The van der Waals surface area contributed by atoms with Crippen molar-refractivity contribution in [3.63, 3.8) is 0 Å². The zero-order chi connectivity index (χ0) is 14.3. The molecule has 0 aliphatic rings. The van der Waals surface area contributed by atoms with Gasteiger partial charge in [-0.3, -0.25) is 0 Å². The summed E-state index contributed by atoms with van der Waals surface area (Å²) < 4.78 is 0. The molecule has 0 aliphatic heterocycles. The first-order chi connectivity index (χ1) is 9.04. The van der Waals surface area contributed by atoms with Gasteiger partial charge in [-0.1, -0.05) is 38.0 Å². The zero-order valence-corrected chi connectivity index (χ0v) is 13.3. The molecule has 0 fully saturated rings. The summed E-state index contributed by atoms with van der Waals surface area (Å²) >= 11 is 0. The topological polar surface area (TPSA) is 15.3 Å². The lowest BCUT2D eigenvalue weighted by Gasteiger charge is -2.36. The quantitative estimate of drug-likeness (QED) is 0.765. The molecule has 0 spiro atoms. The molecule has 0 saturated carbocycles. The summed E-state index contributed by atoms with van der Waals surface area (Å²) in [6.07, 6.45) is 2.50. The van der Waals surface area contributed by atoms with Crippen molar-refractivity contribution < 1.29 is 0 Å². The van der Waals surface area contributed by atoms with Crippen molar-refractivity contribution in [3.8, 4) is 0 Å². The second kappa shape index (κ2) is 7.54. The van der Waals surface area contributed by atoms with Crippen LogP contribution >= 0.6 is 0 Å². The molecule has 0 radical (unpaired) electrons. The van der Waals surface area contributed by atoms with E-state index in [0.717, 1.165) is 19.6 Å². The van der Waals surface area contributed by atoms with E-state index in [1.54, 1.807) is 0 Å². The average Bonchev–Trinajstić information content (AvgIpc) is 2.38. The standard InChI is InChI=1S/C17H30N2/c1-6-12-17(4,13-18-5)14-19(7-2)16-10-8-15(3)9-11-16/h8-11,18H,6-7,12-14H2,1-5H3. The van der Waals surface area contributed by atoms with E-state index in [2.05, 4.69) is 69.2 Å². The number of rotatable bonds is 8. The second-order valence-corrected chi connectivity index (χ2v) is 5.94. The fourth-order valence-electron chi connectivity index (χ4n) is 2.86. The number of anilines is 1. The van der Waals surface area contributed by atoms with Crippen molar-refractivity contribution in [2.75, 3.05) is 31.6 Å². The summed E-state index contributed by atoms with van der Waals surface area (Å²) in [5.41, 5.74) is 3.00. The van der Waals surface area contributed by atoms with Gasteiger partial charge in [-0.05, 0) is 44.9 Å². The SMILES string of the molecule is CCCC(C)(CNC)CN(CC)c1ccc(C)cc1. The van der Waals surface area contributed by atoms with Gasteiger partial charge in [0.15, 0.2) is 0 Å². The summed E-state index contributed by atoms with van der Waals surface area (Å²) in [6, 6.07) is 8.88. The minimum atomic E-state index is 0.338. The first kappa shape index (κ1) is 16.0. The van der Waals surface area contributed by atoms with Crippen LogP contribution in [-0.2, 0) is 0 Å². The third-order valence-corrected chi connectivity index (χ3v) is 3.81. The Hall–Kier alpha value is -1.02. The average molecular weight is 262 g/mol. The van der Waals surface area contributed by atoms with Gasteiger partial charge in [-0.25, -0.2) is 0 Å². The van der Waals surface area contributed by atoms with Crippen LogP contribution in [0.15, 0.2) is 24.3 Å². The van der Waals surface area contributed by atoms with Gasteiger partial charge >= 0.3 is 0 Å². The molecule has 0 bridgehead atoms. The lowest BCUT2D eigenvalue weighted by atomic mass is 9.84. The summed E-state index contributed by atoms with van der Waals surface area (Å²) in [5, 5.41) is 3.36. The molecule has 19 heavy (non-hydrogen) atoms. The van der Waals surface area contributed by atoms with Crippen LogP contribution in [0, 0.1) is 12.3 Å². The predicted octanol–water partition coefficient (Wildman–Crippen LogP) is 3.85. The van der Waals surface area contributed by atoms with Gasteiger partial charge in [0, 0.05) is 25.3 Å². The minimum absolute atomic E-state index is 0.338. The van der Waals surface area contributed by atoms with Crippen molar-refractivity contribution in [2.24, 2.45) is 5.41 Å². The van der Waals surface area contributed by atoms with Crippen LogP contribution in [0.3, 0.4) is 0 Å². The van der Waals surface area contributed by atoms with Gasteiger partial charge in [0.1, 0.15) is 0 Å². The Balaban J connectivity index is 2.81. The third kappa shape index (κ3) is 4.87. The predicted molar refractivity (Wildman–Crippen MR) is 86.0 cm³/mol. The molecular formula is C17H30N2. The Bertz CT molecular complexity index is 350. The highest BCUT2D eigenvalue weighted by molar-refractivity contribution is 5.47. The van der Waals surface area contributed by atoms with E-state index in [4.69, 9.17) is 0 Å². The molecule has 1 N–H and O–H groups in total. The molecular weight excluding hydrogens is 232 g/mol. The van der Waals surface area contributed by atoms with Crippen LogP contribution in [0.1, 0.15) is 39.2 Å². The molecule has 1 aromatic rings. The Morgan fingerprint density at radius 2 is 1.79 bits per heavy atom. The van der Waals surface area contributed by atoms with Gasteiger partial charge in [0.2, 0.25) is 0 Å². The zero-order valence-electron chi connectivity index (χ0n) is 13.3. The van der Waals surface area contributed by atoms with Crippen LogP contribution in [0.5, 0.6) is 0 Å². The Labute approximate surface area is 119 Å². The fraction of sp³-hybridized carbons (Fsp3) is 0.647. The van der Waals surface area contributed by atoms with Crippen LogP contribution < -0.4 is 10.2 Å². The summed E-state index contributed by atoms with van der Waals surface area (Å²) in [4.78, 5) is 2.49. The minimum Gasteiger partial charge on any atom is -0.371 e. The van der Waals surface area contributed by atoms with E-state index in [0.29, 0.717) is 5.41 Å². The van der Waals surface area contributed by atoms with Gasteiger partial charge in [0.25, 0.3) is 0 Å². The van der Waals surface area contributed by atoms with E-state index in [1.165, 1.54) is 24.1 Å². The van der Waals surface area contributed by atoms with E-state index in [9.17, 15) is 0 Å². The van der Waals surface area contributed by atoms with Gasteiger partial charge in [-0.2, -0.15) is 0 Å². The first-order valence-electron chi connectivity index (χ1n) is 7.51. The molecule has 0 amide bonds. The molecule has 0 heterocycles. The molecule has 2 nitrogen and oxygen atoms in total. The van der Waals surface area contributed by atoms with Crippen molar-refractivity contribution in [1.82, 2.24) is 5.32 Å². The lowest BCUT2D eigenvalue weighted by Crippen LogP contribution is -2.41. The summed E-state index contributed by atoms with van der Waals surface area (Å²) in [7, 11) is 2.05. The number of hydrogen-bond donors (Lipinski definition) is 1. The summed E-state index contributed by atoms with van der Waals surface area (Å²) in [6.45, 7) is 12.3. The Morgan fingerprint density at radius 3 is 2.26 bits per heavy atom. The maximum atomic E-state index is 3.36. The van der Waals surface area contributed by atoms with Gasteiger partial charge in [-0.15, -0.1) is 0 Å². The van der Waals surface area contributed by atoms with Gasteiger partial charge < -0.3 is 10.2 Å². The van der Waals surface area contributed by atoms with Crippen molar-refractivity contribution in [2.45, 2.75) is 40.5 Å². The molecule has 1 rings (SSSR count). The summed E-state index contributed by atoms with van der Waals surface area (Å²) in [5.74, 6) is 0. The Morgan fingerprint density at radius 1 is 1.16 bits per heavy atom. The lowest BCUT2D eigenvalue weighted by molar-refractivity contribution is 0.289.